The van der Waals surface area contributed by atoms with Crippen LogP contribution >= 0.6 is 11.3 Å². The number of nitrogens with zero attached hydrogens (tertiary/aromatic N) is 3. The van der Waals surface area contributed by atoms with Gasteiger partial charge in [-0.15, -0.1) is 11.3 Å². The average molecular weight is 429 g/mol. The van der Waals surface area contributed by atoms with E-state index in [1.807, 2.05) is 30.3 Å². The first-order valence-corrected chi connectivity index (χ1v) is 9.85. The highest BCUT2D eigenvalue weighted by atomic mass is 32.1. The van der Waals surface area contributed by atoms with Crippen molar-refractivity contribution in [2.45, 2.75) is 12.2 Å². The van der Waals surface area contributed by atoms with Crippen molar-refractivity contribution in [3.05, 3.63) is 65.6 Å². The summed E-state index contributed by atoms with van der Waals surface area (Å²) in [6.45, 7) is 0.426. The molecule has 1 aliphatic rings. The molecule has 0 bridgehead atoms. The smallest absolute Gasteiger partial charge is 0.345 e. The van der Waals surface area contributed by atoms with Crippen molar-refractivity contribution in [2.24, 2.45) is 0 Å². The maximum atomic E-state index is 12.8. The zero-order valence-electron chi connectivity index (χ0n) is 15.3. The number of hydrogen-bond donors (Lipinski definition) is 2. The third kappa shape index (κ3) is 3.18. The molecule has 2 aromatic heterocycles. The summed E-state index contributed by atoms with van der Waals surface area (Å²) in [5.74, 6) is 0. The third-order valence-corrected chi connectivity index (χ3v) is 6.08. The van der Waals surface area contributed by atoms with Crippen LogP contribution in [0, 0.1) is 0 Å². The summed E-state index contributed by atoms with van der Waals surface area (Å²) >= 11 is 0.608. The third-order valence-electron chi connectivity index (χ3n) is 4.99. The van der Waals surface area contributed by atoms with E-state index in [9.17, 15) is 18.0 Å². The highest BCUT2D eigenvalue weighted by Crippen LogP contribution is 2.37. The van der Waals surface area contributed by atoms with Crippen LogP contribution in [0.4, 0.5) is 23.7 Å². The second-order valence-electron chi connectivity index (χ2n) is 6.83. The Morgan fingerprint density at radius 3 is 2.63 bits per heavy atom. The van der Waals surface area contributed by atoms with Crippen LogP contribution in [0.3, 0.4) is 0 Å². The lowest BCUT2D eigenvalue weighted by molar-refractivity contribution is -0.137. The number of anilines is 1. The summed E-state index contributed by atoms with van der Waals surface area (Å²) in [6, 6.07) is 12.3. The van der Waals surface area contributed by atoms with Crippen molar-refractivity contribution in [1.82, 2.24) is 20.3 Å². The van der Waals surface area contributed by atoms with Crippen LogP contribution in [0.25, 0.3) is 21.5 Å². The molecule has 2 aromatic carbocycles. The number of carbonyl (C=O) groups excluding carboxylic acids is 1. The molecule has 0 radical (unpaired) electrons. The fraction of sp³-hybridized carbons (Fsp3) is 0.150. The minimum atomic E-state index is -4.45. The van der Waals surface area contributed by atoms with Gasteiger partial charge in [0.15, 0.2) is 5.01 Å². The van der Waals surface area contributed by atoms with Gasteiger partial charge in [0.05, 0.1) is 28.3 Å². The number of aromatic amines is 1. The normalized spacial score (nSPS) is 17.0. The molecule has 152 valence electrons. The molecule has 10 heteroatoms. The van der Waals surface area contributed by atoms with E-state index in [1.54, 1.807) is 23.4 Å². The number of imidazole rings is 1. The van der Waals surface area contributed by atoms with Gasteiger partial charge in [-0.25, -0.2) is 14.8 Å². The number of rotatable bonds is 3. The van der Waals surface area contributed by atoms with E-state index in [4.69, 9.17) is 0 Å². The Kier molecular flexibility index (Phi) is 4.24. The molecule has 2 amide bonds. The molecule has 30 heavy (non-hydrogen) atoms. The monoisotopic (exact) mass is 429 g/mol. The number of fused-ring (bicyclic) bond motifs is 1. The summed E-state index contributed by atoms with van der Waals surface area (Å²) in [4.78, 5) is 25.3. The lowest BCUT2D eigenvalue weighted by Crippen LogP contribution is -2.29. The summed E-state index contributed by atoms with van der Waals surface area (Å²) in [5, 5.41) is 1.98. The van der Waals surface area contributed by atoms with Gasteiger partial charge in [0.1, 0.15) is 0 Å². The van der Waals surface area contributed by atoms with Crippen LogP contribution in [-0.4, -0.2) is 27.5 Å². The molecule has 5 rings (SSSR count). The number of urea groups is 1. The van der Waals surface area contributed by atoms with Crippen molar-refractivity contribution < 1.29 is 18.0 Å². The van der Waals surface area contributed by atoms with E-state index in [-0.39, 0.29) is 12.1 Å². The molecule has 6 nitrogen and oxygen atoms in total. The zero-order valence-corrected chi connectivity index (χ0v) is 16.1. The van der Waals surface area contributed by atoms with E-state index in [1.165, 1.54) is 6.20 Å². The molecule has 1 saturated heterocycles. The largest absolute Gasteiger partial charge is 0.443 e. The topological polar surface area (TPSA) is 73.9 Å². The van der Waals surface area contributed by atoms with Gasteiger partial charge in [-0.1, -0.05) is 24.3 Å². The molecular weight excluding hydrogens is 415 g/mol. The number of H-pyrrole nitrogens is 1. The van der Waals surface area contributed by atoms with Gasteiger partial charge < -0.3 is 10.3 Å². The fourth-order valence-electron chi connectivity index (χ4n) is 3.54. The number of thiazole rings is 1. The van der Waals surface area contributed by atoms with Crippen LogP contribution in [0.2, 0.25) is 0 Å². The number of nitrogens with one attached hydrogen (secondary N) is 2. The fourth-order valence-corrected chi connectivity index (χ4v) is 4.33. The molecule has 3 heterocycles. The van der Waals surface area contributed by atoms with Crippen LogP contribution in [-0.2, 0) is 6.18 Å². The van der Waals surface area contributed by atoms with Gasteiger partial charge in [0.25, 0.3) is 0 Å². The van der Waals surface area contributed by atoms with Gasteiger partial charge in [-0.05, 0) is 29.3 Å². The molecule has 0 aliphatic carbocycles. The maximum absolute atomic E-state index is 12.8. The second kappa shape index (κ2) is 6.84. The second-order valence-corrected chi connectivity index (χ2v) is 7.86. The van der Waals surface area contributed by atoms with E-state index in [2.05, 4.69) is 20.3 Å². The molecule has 1 aliphatic heterocycles. The van der Waals surface area contributed by atoms with Crippen LogP contribution < -0.4 is 10.2 Å². The Bertz CT molecular complexity index is 1230. The van der Waals surface area contributed by atoms with Gasteiger partial charge in [-0.2, -0.15) is 13.2 Å². The van der Waals surface area contributed by atoms with E-state index in [0.717, 1.165) is 22.3 Å². The summed E-state index contributed by atoms with van der Waals surface area (Å²) < 4.78 is 38.4. The Labute approximate surface area is 172 Å². The number of amides is 2. The van der Waals surface area contributed by atoms with Crippen molar-refractivity contribution in [3.63, 3.8) is 0 Å². The quantitative estimate of drug-likeness (QED) is 0.483. The van der Waals surface area contributed by atoms with Crippen molar-refractivity contribution >= 4 is 34.1 Å². The molecule has 0 unspecified atom stereocenters. The average Bonchev–Trinajstić information content (AvgIpc) is 3.46. The first-order chi connectivity index (χ1) is 14.4. The Hall–Kier alpha value is -3.40. The van der Waals surface area contributed by atoms with Crippen molar-refractivity contribution in [1.29, 1.82) is 0 Å². The Morgan fingerprint density at radius 2 is 1.90 bits per heavy atom. The number of aromatic nitrogens is 3. The molecule has 4 aromatic rings. The maximum Gasteiger partial charge on any atom is 0.443 e. The molecule has 2 N–H and O–H groups in total. The number of carbonyl (C=O) groups is 1. The van der Waals surface area contributed by atoms with E-state index in [0.29, 0.717) is 28.3 Å². The summed E-state index contributed by atoms with van der Waals surface area (Å²) in [6.07, 6.45) is -1.62. The lowest BCUT2D eigenvalue weighted by Gasteiger charge is -2.23. The van der Waals surface area contributed by atoms with Gasteiger partial charge in [0.2, 0.25) is 0 Å². The Morgan fingerprint density at radius 1 is 1.10 bits per heavy atom. The highest BCUT2D eigenvalue weighted by molar-refractivity contribution is 7.15. The molecule has 0 saturated carbocycles. The summed E-state index contributed by atoms with van der Waals surface area (Å²) in [7, 11) is 0. The highest BCUT2D eigenvalue weighted by Gasteiger charge is 2.35. The van der Waals surface area contributed by atoms with E-state index < -0.39 is 11.2 Å². The zero-order chi connectivity index (χ0) is 20.9. The predicted molar refractivity (Wildman–Crippen MR) is 107 cm³/mol. The standard InChI is InChI=1S/C20H14F3N5OS/c21-20(22,23)18-24-9-17(30-18)12-3-1-11(2-4-12)16-8-25-19(29)28(16)13-5-6-14-15(7-13)27-10-26-14/h1-7,9-10,16H,8H2,(H,25,29)(H,26,27)/t16-/m1/s1. The molecule has 1 fully saturated rings. The lowest BCUT2D eigenvalue weighted by atomic mass is 10.0. The van der Waals surface area contributed by atoms with Gasteiger partial charge in [0, 0.05) is 18.4 Å². The minimum Gasteiger partial charge on any atom is -0.345 e. The number of alkyl halides is 3. The Balaban J connectivity index is 1.44. The predicted octanol–water partition coefficient (Wildman–Crippen LogP) is 4.98. The first kappa shape index (κ1) is 18.6. The van der Waals surface area contributed by atoms with Gasteiger partial charge >= 0.3 is 12.2 Å². The minimum absolute atomic E-state index is 0.212. The van der Waals surface area contributed by atoms with Gasteiger partial charge in [-0.3, -0.25) is 4.90 Å². The molecule has 1 atom stereocenters. The van der Waals surface area contributed by atoms with Crippen LogP contribution in [0.15, 0.2) is 55.0 Å². The SMILES string of the molecule is O=C1NC[C@H](c2ccc(-c3cnc(C(F)(F)F)s3)cc2)N1c1ccc2[nH]cnc2c1. The molecular formula is C20H14F3N5OS. The van der Waals surface area contributed by atoms with Crippen molar-refractivity contribution in [3.8, 4) is 10.4 Å². The first-order valence-electron chi connectivity index (χ1n) is 9.04. The molecule has 0 spiro atoms. The van der Waals surface area contributed by atoms with Crippen molar-refractivity contribution in [2.75, 3.05) is 11.4 Å². The number of benzene rings is 2. The van der Waals surface area contributed by atoms with Crippen LogP contribution in [0.1, 0.15) is 16.6 Å². The summed E-state index contributed by atoms with van der Waals surface area (Å²) in [5.41, 5.74) is 3.87. The number of hydrogen-bond acceptors (Lipinski definition) is 4. The number of halogens is 3. The van der Waals surface area contributed by atoms with Crippen LogP contribution in [0.5, 0.6) is 0 Å². The van der Waals surface area contributed by atoms with E-state index >= 15 is 0 Å².